The van der Waals surface area contributed by atoms with Gasteiger partial charge in [0.2, 0.25) is 10.0 Å². The van der Waals surface area contributed by atoms with Crippen LogP contribution in [0, 0.1) is 17.8 Å². The summed E-state index contributed by atoms with van der Waals surface area (Å²) in [5.41, 5.74) is -0.660. The molecule has 5 nitrogen and oxygen atoms in total. The van der Waals surface area contributed by atoms with Crippen molar-refractivity contribution in [3.8, 4) is 0 Å². The Labute approximate surface area is 186 Å². The number of benzene rings is 1. The SMILES string of the molecule is O=C(O)CCCC=CCC1C2CCC(C2)C1NS(=O)(=O)C=Cc1cccc(C(F)(F)F)c1. The molecule has 2 bridgehead atoms. The molecule has 2 aliphatic rings. The van der Waals surface area contributed by atoms with Crippen LogP contribution in [-0.4, -0.2) is 25.5 Å². The standard InChI is InChI=1S/C23H28F3NO4S/c24-23(25,26)19-7-5-6-16(14-19)12-13-32(30,31)27-22-18-11-10-17(15-18)20(22)8-3-1-2-4-9-21(28)29/h1,3,5-7,12-14,17-18,20,22,27H,2,4,8-11,15H2,(H,28,29). The minimum atomic E-state index is -4.49. The quantitative estimate of drug-likeness (QED) is 0.362. The number of hydrogen-bond acceptors (Lipinski definition) is 3. The van der Waals surface area contributed by atoms with Crippen molar-refractivity contribution in [1.29, 1.82) is 0 Å². The molecule has 0 radical (unpaired) electrons. The highest BCUT2D eigenvalue weighted by molar-refractivity contribution is 7.92. The molecule has 4 atom stereocenters. The highest BCUT2D eigenvalue weighted by atomic mass is 32.2. The van der Waals surface area contributed by atoms with Crippen molar-refractivity contribution in [3.05, 3.63) is 53.0 Å². The predicted molar refractivity (Wildman–Crippen MR) is 116 cm³/mol. The number of alkyl halides is 3. The summed E-state index contributed by atoms with van der Waals surface area (Å²) < 4.78 is 66.7. The van der Waals surface area contributed by atoms with Crippen LogP contribution in [0.2, 0.25) is 0 Å². The molecule has 2 saturated carbocycles. The Morgan fingerprint density at radius 3 is 2.66 bits per heavy atom. The van der Waals surface area contributed by atoms with Crippen LogP contribution in [0.4, 0.5) is 13.2 Å². The summed E-state index contributed by atoms with van der Waals surface area (Å²) in [7, 11) is -3.82. The van der Waals surface area contributed by atoms with Crippen molar-refractivity contribution in [2.24, 2.45) is 17.8 Å². The lowest BCUT2D eigenvalue weighted by atomic mass is 9.83. The van der Waals surface area contributed by atoms with E-state index in [4.69, 9.17) is 5.11 Å². The molecule has 0 saturated heterocycles. The highest BCUT2D eigenvalue weighted by Crippen LogP contribution is 2.50. The second kappa shape index (κ2) is 10.2. The molecule has 2 aliphatic carbocycles. The van der Waals surface area contributed by atoms with Crippen molar-refractivity contribution in [2.45, 2.75) is 57.2 Å². The number of sulfonamides is 1. The first-order valence-corrected chi connectivity index (χ1v) is 12.3. The molecule has 0 aliphatic heterocycles. The summed E-state index contributed by atoms with van der Waals surface area (Å²) in [5.74, 6) is 0.0614. The van der Waals surface area contributed by atoms with E-state index in [-0.39, 0.29) is 29.9 Å². The van der Waals surface area contributed by atoms with Crippen LogP contribution in [-0.2, 0) is 21.0 Å². The summed E-state index contributed by atoms with van der Waals surface area (Å²) in [4.78, 5) is 10.6. The van der Waals surface area contributed by atoms with Crippen LogP contribution in [0.25, 0.3) is 6.08 Å². The van der Waals surface area contributed by atoms with Crippen LogP contribution in [0.3, 0.4) is 0 Å². The van der Waals surface area contributed by atoms with E-state index in [9.17, 15) is 26.4 Å². The van der Waals surface area contributed by atoms with Gasteiger partial charge in [0.15, 0.2) is 0 Å². The number of rotatable bonds is 10. The number of halogens is 3. The lowest BCUT2D eigenvalue weighted by Gasteiger charge is -2.30. The molecule has 2 N–H and O–H groups in total. The van der Waals surface area contributed by atoms with Crippen molar-refractivity contribution in [2.75, 3.05) is 0 Å². The van der Waals surface area contributed by atoms with Gasteiger partial charge in [-0.05, 0) is 80.1 Å². The van der Waals surface area contributed by atoms with Gasteiger partial charge in [-0.2, -0.15) is 13.2 Å². The van der Waals surface area contributed by atoms with Crippen molar-refractivity contribution in [3.63, 3.8) is 0 Å². The van der Waals surface area contributed by atoms with Gasteiger partial charge in [-0.1, -0.05) is 24.3 Å². The third-order valence-corrected chi connectivity index (χ3v) is 7.47. The molecule has 3 rings (SSSR count). The van der Waals surface area contributed by atoms with E-state index in [1.54, 1.807) is 0 Å². The monoisotopic (exact) mass is 471 g/mol. The first-order chi connectivity index (χ1) is 15.0. The number of carboxylic acids is 1. The number of nitrogens with one attached hydrogen (secondary N) is 1. The normalized spacial score (nSPS) is 25.8. The van der Waals surface area contributed by atoms with Crippen LogP contribution in [0.5, 0.6) is 0 Å². The van der Waals surface area contributed by atoms with E-state index in [0.29, 0.717) is 18.8 Å². The topological polar surface area (TPSA) is 83.5 Å². The highest BCUT2D eigenvalue weighted by Gasteiger charge is 2.47. The maximum Gasteiger partial charge on any atom is 0.416 e. The van der Waals surface area contributed by atoms with Gasteiger partial charge < -0.3 is 5.11 Å². The second-order valence-corrected chi connectivity index (χ2v) is 10.2. The van der Waals surface area contributed by atoms with Crippen LogP contribution >= 0.6 is 0 Å². The Balaban J connectivity index is 1.62. The molecule has 0 amide bonds. The zero-order valence-electron chi connectivity index (χ0n) is 17.6. The molecule has 0 aromatic heterocycles. The van der Waals surface area contributed by atoms with E-state index < -0.39 is 27.7 Å². The lowest BCUT2D eigenvalue weighted by molar-refractivity contribution is -0.138. The fraction of sp³-hybridized carbons (Fsp3) is 0.522. The van der Waals surface area contributed by atoms with E-state index >= 15 is 0 Å². The van der Waals surface area contributed by atoms with Gasteiger partial charge in [0.1, 0.15) is 0 Å². The molecule has 1 aromatic rings. The Hall–Kier alpha value is -2.13. The molecule has 2 fully saturated rings. The fourth-order valence-corrected chi connectivity index (χ4v) is 6.05. The zero-order chi connectivity index (χ0) is 23.4. The third kappa shape index (κ3) is 6.68. The average Bonchev–Trinajstić information content (AvgIpc) is 3.31. The summed E-state index contributed by atoms with van der Waals surface area (Å²) in [5, 5.41) is 9.62. The summed E-state index contributed by atoms with van der Waals surface area (Å²) in [6, 6.07) is 4.34. The number of aliphatic carboxylic acids is 1. The first-order valence-electron chi connectivity index (χ1n) is 10.8. The minimum Gasteiger partial charge on any atom is -0.481 e. The first kappa shape index (κ1) is 24.5. The Morgan fingerprint density at radius 2 is 1.94 bits per heavy atom. The maximum absolute atomic E-state index is 12.9. The van der Waals surface area contributed by atoms with Gasteiger partial charge in [0, 0.05) is 17.9 Å². The number of unbranched alkanes of at least 4 members (excludes halogenated alkanes) is 1. The summed E-state index contributed by atoms with van der Waals surface area (Å²) in [6.45, 7) is 0. The van der Waals surface area contributed by atoms with Gasteiger partial charge in [0.05, 0.1) is 5.56 Å². The Morgan fingerprint density at radius 1 is 1.19 bits per heavy atom. The molecule has 176 valence electrons. The van der Waals surface area contributed by atoms with Crippen molar-refractivity contribution < 1.29 is 31.5 Å². The maximum atomic E-state index is 12.9. The second-order valence-electron chi connectivity index (χ2n) is 8.60. The van der Waals surface area contributed by atoms with Crippen LogP contribution < -0.4 is 4.72 Å². The van der Waals surface area contributed by atoms with Gasteiger partial charge in [0.25, 0.3) is 0 Å². The van der Waals surface area contributed by atoms with E-state index in [1.165, 1.54) is 18.2 Å². The average molecular weight is 472 g/mol. The third-order valence-electron chi connectivity index (χ3n) is 6.38. The van der Waals surface area contributed by atoms with Gasteiger partial charge in [-0.3, -0.25) is 4.79 Å². The molecule has 1 aromatic carbocycles. The van der Waals surface area contributed by atoms with E-state index in [0.717, 1.165) is 43.2 Å². The van der Waals surface area contributed by atoms with Gasteiger partial charge in [-0.25, -0.2) is 13.1 Å². The molecule has 4 unspecified atom stereocenters. The van der Waals surface area contributed by atoms with Gasteiger partial charge in [-0.15, -0.1) is 0 Å². The number of carboxylic acid groups (broad SMARTS) is 1. The Kier molecular flexibility index (Phi) is 7.82. The number of carbonyl (C=O) groups is 1. The molecular weight excluding hydrogens is 443 g/mol. The minimum absolute atomic E-state index is 0.124. The number of allylic oxidation sites excluding steroid dienone is 2. The molecular formula is C23H28F3NO4S. The lowest BCUT2D eigenvalue weighted by Crippen LogP contribution is -2.43. The molecule has 0 heterocycles. The van der Waals surface area contributed by atoms with Gasteiger partial charge >= 0.3 is 12.1 Å². The number of fused-ring (bicyclic) bond motifs is 2. The predicted octanol–water partition coefficient (Wildman–Crippen LogP) is 5.21. The summed E-state index contributed by atoms with van der Waals surface area (Å²) in [6.07, 6.45) is 5.75. The van der Waals surface area contributed by atoms with Crippen molar-refractivity contribution >= 4 is 22.1 Å². The largest absolute Gasteiger partial charge is 0.481 e. The fourth-order valence-electron chi connectivity index (χ4n) is 4.89. The van der Waals surface area contributed by atoms with E-state index in [1.807, 2.05) is 12.2 Å². The van der Waals surface area contributed by atoms with E-state index in [2.05, 4.69) is 4.72 Å². The number of hydrogen-bond donors (Lipinski definition) is 2. The zero-order valence-corrected chi connectivity index (χ0v) is 18.4. The molecule has 9 heteroatoms. The molecule has 0 spiro atoms. The Bertz CT molecular complexity index is 972. The van der Waals surface area contributed by atoms with Crippen LogP contribution in [0.15, 0.2) is 41.8 Å². The summed E-state index contributed by atoms with van der Waals surface area (Å²) >= 11 is 0. The molecule has 32 heavy (non-hydrogen) atoms. The van der Waals surface area contributed by atoms with Crippen molar-refractivity contribution in [1.82, 2.24) is 4.72 Å². The smallest absolute Gasteiger partial charge is 0.416 e. The van der Waals surface area contributed by atoms with Crippen LogP contribution in [0.1, 0.15) is 56.1 Å².